The number of hydrogen-bond donors (Lipinski definition) is 0. The SMILES string of the molecule is CCCCCC(C)c1ccc2c(c1)c1ccc(Oc3cccc(-n4nc(C)c(-c5ccccc5)c4C)c3)cc1n2-c1cc(CC)ccn1. The number of fused-ring (bicyclic) bond motifs is 3. The van der Waals surface area contributed by atoms with E-state index in [9.17, 15) is 0 Å². The van der Waals surface area contributed by atoms with Gasteiger partial charge in [-0.1, -0.05) is 82.5 Å². The summed E-state index contributed by atoms with van der Waals surface area (Å²) >= 11 is 0. The summed E-state index contributed by atoms with van der Waals surface area (Å²) in [6.07, 6.45) is 7.88. The van der Waals surface area contributed by atoms with E-state index in [1.54, 1.807) is 0 Å². The zero-order valence-electron chi connectivity index (χ0n) is 28.7. The van der Waals surface area contributed by atoms with Gasteiger partial charge >= 0.3 is 0 Å². The highest BCUT2D eigenvalue weighted by atomic mass is 16.5. The van der Waals surface area contributed by atoms with Crippen molar-refractivity contribution in [2.24, 2.45) is 0 Å². The van der Waals surface area contributed by atoms with Crippen LogP contribution in [0.25, 0.3) is 44.4 Å². The van der Waals surface area contributed by atoms with E-state index in [2.05, 4.69) is 124 Å². The second-order valence-corrected chi connectivity index (χ2v) is 13.0. The minimum Gasteiger partial charge on any atom is -0.457 e. The van der Waals surface area contributed by atoms with Gasteiger partial charge in [0.25, 0.3) is 0 Å². The van der Waals surface area contributed by atoms with Gasteiger partial charge < -0.3 is 4.74 Å². The van der Waals surface area contributed by atoms with Crippen LogP contribution >= 0.6 is 0 Å². The third-order valence-corrected chi connectivity index (χ3v) is 9.67. The van der Waals surface area contributed by atoms with E-state index in [0.29, 0.717) is 5.92 Å². The molecule has 0 bridgehead atoms. The summed E-state index contributed by atoms with van der Waals surface area (Å²) in [7, 11) is 0. The molecular formula is C43H44N4O. The number of rotatable bonds is 11. The lowest BCUT2D eigenvalue weighted by Gasteiger charge is -2.13. The molecule has 5 heteroatoms. The van der Waals surface area contributed by atoms with Crippen molar-refractivity contribution in [2.75, 3.05) is 0 Å². The van der Waals surface area contributed by atoms with Crippen LogP contribution in [0.15, 0.2) is 109 Å². The van der Waals surface area contributed by atoms with Gasteiger partial charge in [0.15, 0.2) is 0 Å². The van der Waals surface area contributed by atoms with Crippen molar-refractivity contribution in [1.82, 2.24) is 19.3 Å². The quantitative estimate of drug-likeness (QED) is 0.133. The minimum atomic E-state index is 0.516. The molecule has 242 valence electrons. The third-order valence-electron chi connectivity index (χ3n) is 9.67. The fraction of sp³-hybridized carbons (Fsp3) is 0.256. The fourth-order valence-corrected chi connectivity index (χ4v) is 7.04. The Labute approximate surface area is 283 Å². The van der Waals surface area contributed by atoms with Crippen molar-refractivity contribution in [3.8, 4) is 34.1 Å². The Morgan fingerprint density at radius 1 is 0.750 bits per heavy atom. The molecule has 1 atom stereocenters. The standard InChI is InChI=1S/C43H44N4O/c1-6-8-10-14-29(3)34-19-22-40-39(26-34)38-21-20-37(28-41(38)46(40)42-25-32(7-2)23-24-44-42)48-36-18-13-17-35(27-36)47-31(5)43(30(4)45-47)33-15-11-9-12-16-33/h9,11-13,15-29H,6-8,10,14H2,1-5H3. The number of pyridine rings is 1. The van der Waals surface area contributed by atoms with Crippen LogP contribution in [0.2, 0.25) is 0 Å². The lowest BCUT2D eigenvalue weighted by Crippen LogP contribution is -2.00. The normalized spacial score (nSPS) is 12.2. The van der Waals surface area contributed by atoms with E-state index < -0.39 is 0 Å². The van der Waals surface area contributed by atoms with E-state index in [0.717, 1.165) is 51.8 Å². The van der Waals surface area contributed by atoms with Gasteiger partial charge in [-0.15, -0.1) is 0 Å². The second-order valence-electron chi connectivity index (χ2n) is 13.0. The first-order chi connectivity index (χ1) is 23.4. The molecule has 0 aliphatic carbocycles. The number of ether oxygens (including phenoxy) is 1. The molecule has 0 radical (unpaired) electrons. The highest BCUT2D eigenvalue weighted by Crippen LogP contribution is 2.38. The maximum absolute atomic E-state index is 6.58. The molecule has 0 saturated carbocycles. The zero-order chi connectivity index (χ0) is 33.2. The van der Waals surface area contributed by atoms with Gasteiger partial charge in [-0.05, 0) is 97.8 Å². The lowest BCUT2D eigenvalue weighted by atomic mass is 9.94. The van der Waals surface area contributed by atoms with Gasteiger partial charge in [-0.2, -0.15) is 5.10 Å². The van der Waals surface area contributed by atoms with Gasteiger partial charge in [-0.25, -0.2) is 9.67 Å². The van der Waals surface area contributed by atoms with Gasteiger partial charge in [0.05, 0.1) is 22.4 Å². The smallest absolute Gasteiger partial charge is 0.137 e. The first-order valence-electron chi connectivity index (χ1n) is 17.4. The largest absolute Gasteiger partial charge is 0.457 e. The monoisotopic (exact) mass is 632 g/mol. The van der Waals surface area contributed by atoms with Crippen molar-refractivity contribution in [3.05, 3.63) is 132 Å². The highest BCUT2D eigenvalue weighted by molar-refractivity contribution is 6.09. The number of aromatic nitrogens is 4. The maximum Gasteiger partial charge on any atom is 0.137 e. The van der Waals surface area contributed by atoms with Crippen molar-refractivity contribution in [1.29, 1.82) is 0 Å². The van der Waals surface area contributed by atoms with E-state index in [1.807, 2.05) is 29.1 Å². The van der Waals surface area contributed by atoms with E-state index >= 15 is 0 Å². The summed E-state index contributed by atoms with van der Waals surface area (Å²) in [6.45, 7) is 11.0. The molecule has 0 N–H and O–H groups in total. The molecule has 3 aromatic heterocycles. The first-order valence-corrected chi connectivity index (χ1v) is 17.4. The first kappa shape index (κ1) is 31.4. The Morgan fingerprint density at radius 2 is 1.58 bits per heavy atom. The molecule has 1 unspecified atom stereocenters. The topological polar surface area (TPSA) is 44.9 Å². The van der Waals surface area contributed by atoms with Crippen LogP contribution in [-0.2, 0) is 6.42 Å². The molecule has 0 aliphatic heterocycles. The Bertz CT molecular complexity index is 2210. The predicted molar refractivity (Wildman–Crippen MR) is 199 cm³/mol. The van der Waals surface area contributed by atoms with Crippen LogP contribution in [0.3, 0.4) is 0 Å². The summed E-state index contributed by atoms with van der Waals surface area (Å²) < 4.78 is 10.9. The number of unbranched alkanes of at least 4 members (excludes halogenated alkanes) is 2. The van der Waals surface area contributed by atoms with Gasteiger partial charge in [0.1, 0.15) is 17.3 Å². The van der Waals surface area contributed by atoms with Crippen LogP contribution < -0.4 is 4.74 Å². The highest BCUT2D eigenvalue weighted by Gasteiger charge is 2.18. The summed E-state index contributed by atoms with van der Waals surface area (Å²) in [6, 6.07) is 36.4. The molecule has 0 aliphatic rings. The molecule has 3 heterocycles. The number of hydrogen-bond acceptors (Lipinski definition) is 3. The van der Waals surface area contributed by atoms with Crippen LogP contribution in [0, 0.1) is 13.8 Å². The Balaban J connectivity index is 1.28. The van der Waals surface area contributed by atoms with Crippen LogP contribution in [0.5, 0.6) is 11.5 Å². The molecule has 7 rings (SSSR count). The average Bonchev–Trinajstić information content (AvgIpc) is 3.60. The van der Waals surface area contributed by atoms with Crippen LogP contribution in [0.4, 0.5) is 0 Å². The van der Waals surface area contributed by atoms with Gasteiger partial charge in [-0.3, -0.25) is 4.57 Å². The molecule has 0 spiro atoms. The van der Waals surface area contributed by atoms with Crippen molar-refractivity contribution in [3.63, 3.8) is 0 Å². The molecule has 0 amide bonds. The van der Waals surface area contributed by atoms with Crippen LogP contribution in [-0.4, -0.2) is 19.3 Å². The van der Waals surface area contributed by atoms with E-state index in [1.165, 1.54) is 58.7 Å². The molecule has 48 heavy (non-hydrogen) atoms. The Hall–Kier alpha value is -5.16. The summed E-state index contributed by atoms with van der Waals surface area (Å²) in [5.74, 6) is 2.98. The van der Waals surface area contributed by atoms with Gasteiger partial charge in [0.2, 0.25) is 0 Å². The summed E-state index contributed by atoms with van der Waals surface area (Å²) in [5, 5.41) is 7.37. The van der Waals surface area contributed by atoms with Crippen molar-refractivity contribution >= 4 is 21.8 Å². The van der Waals surface area contributed by atoms with Crippen LogP contribution in [0.1, 0.15) is 74.9 Å². The van der Waals surface area contributed by atoms with E-state index in [-0.39, 0.29) is 0 Å². The second kappa shape index (κ2) is 13.5. The maximum atomic E-state index is 6.58. The fourth-order valence-electron chi connectivity index (χ4n) is 7.04. The minimum absolute atomic E-state index is 0.516. The molecular weight excluding hydrogens is 589 g/mol. The predicted octanol–water partition coefficient (Wildman–Crippen LogP) is 11.7. The van der Waals surface area contributed by atoms with Gasteiger partial charge in [0, 0.05) is 40.4 Å². The number of aryl methyl sites for hydroxylation is 2. The summed E-state index contributed by atoms with van der Waals surface area (Å²) in [5.41, 5.74) is 10.3. The van der Waals surface area contributed by atoms with Crippen molar-refractivity contribution in [2.45, 2.75) is 72.6 Å². The third kappa shape index (κ3) is 6.01. The number of nitrogens with zero attached hydrogens (tertiary/aromatic N) is 4. The molecule has 4 aromatic carbocycles. The Morgan fingerprint density at radius 3 is 2.40 bits per heavy atom. The van der Waals surface area contributed by atoms with E-state index in [4.69, 9.17) is 14.8 Å². The lowest BCUT2D eigenvalue weighted by molar-refractivity contribution is 0.482. The molecule has 0 fully saturated rings. The number of benzene rings is 4. The molecule has 7 aromatic rings. The summed E-state index contributed by atoms with van der Waals surface area (Å²) in [4.78, 5) is 4.85. The van der Waals surface area contributed by atoms with Crippen molar-refractivity contribution < 1.29 is 4.74 Å². The Kier molecular flexibility index (Phi) is 8.86. The average molecular weight is 633 g/mol. The zero-order valence-corrected chi connectivity index (χ0v) is 28.7. The molecule has 5 nitrogen and oxygen atoms in total. The molecule has 0 saturated heterocycles.